The third-order valence-electron chi connectivity index (χ3n) is 7.57. The third-order valence-corrected chi connectivity index (χ3v) is 7.57. The van der Waals surface area contributed by atoms with Crippen molar-refractivity contribution in [3.05, 3.63) is 29.3 Å². The molecule has 4 nitrogen and oxygen atoms in total. The minimum atomic E-state index is -0.196. The Morgan fingerprint density at radius 1 is 1.27 bits per heavy atom. The van der Waals surface area contributed by atoms with Gasteiger partial charge in [-0.3, -0.25) is 4.79 Å². The molecule has 6 atom stereocenters. The highest BCUT2D eigenvalue weighted by Crippen LogP contribution is 2.62. The molecule has 4 rings (SSSR count). The van der Waals surface area contributed by atoms with E-state index in [0.717, 1.165) is 37.7 Å². The van der Waals surface area contributed by atoms with Crippen LogP contribution in [0.1, 0.15) is 75.3 Å². The number of aliphatic hydroxyl groups excluding tert-OH is 1. The lowest BCUT2D eigenvalue weighted by molar-refractivity contribution is -0.143. The number of hydrogen-bond donors (Lipinski definition) is 2. The molecule has 4 heteroatoms. The second-order valence-electron chi connectivity index (χ2n) is 8.77. The second kappa shape index (κ2) is 6.56. The number of carbonyl (C=O) groups is 1. The van der Waals surface area contributed by atoms with Crippen molar-refractivity contribution in [3.63, 3.8) is 0 Å². The zero-order valence-electron chi connectivity index (χ0n) is 15.8. The maximum absolute atomic E-state index is 12.2. The average Bonchev–Trinajstić information content (AvgIpc) is 2.91. The predicted molar refractivity (Wildman–Crippen MR) is 99.0 cm³/mol. The molecule has 0 saturated heterocycles. The van der Waals surface area contributed by atoms with Crippen LogP contribution in [0.3, 0.4) is 0 Å². The van der Waals surface area contributed by atoms with Crippen molar-refractivity contribution in [3.8, 4) is 5.75 Å². The van der Waals surface area contributed by atoms with Crippen LogP contribution in [0.15, 0.2) is 18.2 Å². The van der Waals surface area contributed by atoms with Gasteiger partial charge in [-0.25, -0.2) is 0 Å². The molecule has 0 bridgehead atoms. The maximum Gasteiger partial charge on any atom is 0.306 e. The molecule has 2 saturated carbocycles. The predicted octanol–water partition coefficient (Wildman–Crippen LogP) is 4.10. The van der Waals surface area contributed by atoms with E-state index < -0.39 is 0 Å². The molecule has 1 aromatic carbocycles. The van der Waals surface area contributed by atoms with Crippen LogP contribution in [0.25, 0.3) is 0 Å². The number of aliphatic hydroxyl groups is 1. The average molecular weight is 358 g/mol. The second-order valence-corrected chi connectivity index (χ2v) is 8.77. The number of carbonyl (C=O) groups excluding carboxylic acids is 1. The first-order valence-corrected chi connectivity index (χ1v) is 10.1. The Labute approximate surface area is 155 Å². The van der Waals surface area contributed by atoms with Crippen molar-refractivity contribution in [1.29, 1.82) is 0 Å². The molecule has 0 radical (unpaired) electrons. The number of esters is 1. The van der Waals surface area contributed by atoms with Gasteiger partial charge in [0.1, 0.15) is 5.75 Å². The quantitative estimate of drug-likeness (QED) is 0.798. The number of phenolic OH excluding ortho intramolecular Hbond substituents is 1. The van der Waals surface area contributed by atoms with E-state index in [4.69, 9.17) is 4.74 Å². The zero-order chi connectivity index (χ0) is 18.5. The number of benzene rings is 1. The maximum atomic E-state index is 12.2. The summed E-state index contributed by atoms with van der Waals surface area (Å²) >= 11 is 0. The van der Waals surface area contributed by atoms with Crippen molar-refractivity contribution in [2.24, 2.45) is 17.3 Å². The summed E-state index contributed by atoms with van der Waals surface area (Å²) in [6.07, 6.45) is 5.25. The van der Waals surface area contributed by atoms with Crippen molar-refractivity contribution in [1.82, 2.24) is 0 Å². The number of ether oxygens (including phenoxy) is 1. The van der Waals surface area contributed by atoms with Crippen LogP contribution in [0.2, 0.25) is 0 Å². The number of rotatable bonds is 3. The number of phenols is 1. The van der Waals surface area contributed by atoms with Crippen molar-refractivity contribution < 1.29 is 19.7 Å². The van der Waals surface area contributed by atoms with E-state index in [9.17, 15) is 15.0 Å². The lowest BCUT2D eigenvalue weighted by Crippen LogP contribution is -2.44. The van der Waals surface area contributed by atoms with Gasteiger partial charge in [0.05, 0.1) is 19.1 Å². The summed E-state index contributed by atoms with van der Waals surface area (Å²) in [5, 5.41) is 20.6. The van der Waals surface area contributed by atoms with Gasteiger partial charge in [-0.15, -0.1) is 0 Å². The van der Waals surface area contributed by atoms with Crippen molar-refractivity contribution in [2.45, 2.75) is 70.3 Å². The van der Waals surface area contributed by atoms with Crippen LogP contribution in [0.4, 0.5) is 0 Å². The largest absolute Gasteiger partial charge is 0.508 e. The van der Waals surface area contributed by atoms with E-state index in [1.165, 1.54) is 5.56 Å². The standard InChI is InChI=1S/C22H30O4/c1-3-26-21(25)11-13-10-18-16(15-5-4-14(23)12-17(13)15)8-9-22(2)19(18)6-7-20(22)24/h4-5,12-13,16,18-20,23-24H,3,6-11H2,1-2H3/t13-,16+,18+,19-,20-,22-/m0/s1. The van der Waals surface area contributed by atoms with E-state index in [2.05, 4.69) is 13.0 Å². The van der Waals surface area contributed by atoms with Gasteiger partial charge in [-0.1, -0.05) is 13.0 Å². The summed E-state index contributed by atoms with van der Waals surface area (Å²) in [6, 6.07) is 5.69. The molecule has 0 amide bonds. The molecular formula is C22H30O4. The van der Waals surface area contributed by atoms with Gasteiger partial charge in [0.2, 0.25) is 0 Å². The minimum Gasteiger partial charge on any atom is -0.508 e. The van der Waals surface area contributed by atoms with E-state index in [-0.39, 0.29) is 29.2 Å². The Hall–Kier alpha value is -1.55. The summed E-state index contributed by atoms with van der Waals surface area (Å²) in [7, 11) is 0. The Morgan fingerprint density at radius 2 is 2.08 bits per heavy atom. The van der Waals surface area contributed by atoms with Gasteiger partial charge in [0.25, 0.3) is 0 Å². The lowest BCUT2D eigenvalue weighted by Gasteiger charge is -2.51. The molecule has 0 aliphatic heterocycles. The summed E-state index contributed by atoms with van der Waals surface area (Å²) in [5.41, 5.74) is 2.45. The number of aromatic hydroxyl groups is 1. The molecule has 26 heavy (non-hydrogen) atoms. The highest BCUT2D eigenvalue weighted by atomic mass is 16.5. The van der Waals surface area contributed by atoms with Gasteiger partial charge in [-0.05, 0) is 91.4 Å². The van der Waals surface area contributed by atoms with Gasteiger partial charge in [0.15, 0.2) is 0 Å². The summed E-state index contributed by atoms with van der Waals surface area (Å²) in [4.78, 5) is 12.2. The smallest absolute Gasteiger partial charge is 0.306 e. The summed E-state index contributed by atoms with van der Waals surface area (Å²) in [5.74, 6) is 1.71. The van der Waals surface area contributed by atoms with E-state index in [1.807, 2.05) is 13.0 Å². The summed E-state index contributed by atoms with van der Waals surface area (Å²) in [6.45, 7) is 4.50. The zero-order valence-corrected chi connectivity index (χ0v) is 15.8. The molecule has 0 heterocycles. The summed E-state index contributed by atoms with van der Waals surface area (Å²) < 4.78 is 5.21. The van der Waals surface area contributed by atoms with Crippen LogP contribution in [0, 0.1) is 17.3 Å². The lowest BCUT2D eigenvalue weighted by atomic mass is 9.53. The molecule has 2 N–H and O–H groups in total. The Kier molecular flexibility index (Phi) is 4.50. The van der Waals surface area contributed by atoms with E-state index in [0.29, 0.717) is 30.8 Å². The molecule has 2 fully saturated rings. The van der Waals surface area contributed by atoms with E-state index in [1.54, 1.807) is 6.07 Å². The normalized spacial score (nSPS) is 38.2. The van der Waals surface area contributed by atoms with Gasteiger partial charge < -0.3 is 14.9 Å². The van der Waals surface area contributed by atoms with Crippen molar-refractivity contribution >= 4 is 5.97 Å². The fourth-order valence-corrected chi connectivity index (χ4v) is 6.30. The van der Waals surface area contributed by atoms with Crippen LogP contribution in [-0.2, 0) is 9.53 Å². The highest BCUT2D eigenvalue weighted by molar-refractivity contribution is 5.71. The molecule has 1 aromatic rings. The van der Waals surface area contributed by atoms with Gasteiger partial charge >= 0.3 is 5.97 Å². The van der Waals surface area contributed by atoms with Crippen LogP contribution in [0.5, 0.6) is 5.75 Å². The Balaban J connectivity index is 1.69. The molecule has 0 spiro atoms. The minimum absolute atomic E-state index is 0.0179. The Bertz CT molecular complexity index is 699. The molecule has 0 unspecified atom stereocenters. The fraction of sp³-hybridized carbons (Fsp3) is 0.682. The van der Waals surface area contributed by atoms with Crippen molar-refractivity contribution in [2.75, 3.05) is 6.61 Å². The topological polar surface area (TPSA) is 66.8 Å². The Morgan fingerprint density at radius 3 is 2.85 bits per heavy atom. The van der Waals surface area contributed by atoms with E-state index >= 15 is 0 Å². The highest BCUT2D eigenvalue weighted by Gasteiger charge is 2.55. The molecule has 0 aromatic heterocycles. The first kappa shape index (κ1) is 17.8. The van der Waals surface area contributed by atoms with Crippen LogP contribution < -0.4 is 0 Å². The van der Waals surface area contributed by atoms with Gasteiger partial charge in [0, 0.05) is 0 Å². The molecular weight excluding hydrogens is 328 g/mol. The number of hydrogen-bond acceptors (Lipinski definition) is 4. The third kappa shape index (κ3) is 2.74. The first-order valence-electron chi connectivity index (χ1n) is 10.1. The monoisotopic (exact) mass is 358 g/mol. The van der Waals surface area contributed by atoms with Crippen LogP contribution in [-0.4, -0.2) is 28.9 Å². The fourth-order valence-electron chi connectivity index (χ4n) is 6.30. The SMILES string of the molecule is CCOC(=O)C[C@@H]1C[C@@H]2[C@H](CC[C@]3(C)[C@@H](O)CC[C@@H]23)c2ccc(O)cc21. The van der Waals surface area contributed by atoms with Gasteiger partial charge in [-0.2, -0.15) is 0 Å². The molecule has 3 aliphatic rings. The molecule has 3 aliphatic carbocycles. The number of fused-ring (bicyclic) bond motifs is 5. The molecule has 142 valence electrons. The first-order chi connectivity index (χ1) is 12.4. The van der Waals surface area contributed by atoms with Crippen LogP contribution >= 0.6 is 0 Å².